The normalized spacial score (nSPS) is 11.8. The Labute approximate surface area is 314 Å². The van der Waals surface area contributed by atoms with Crippen molar-refractivity contribution in [3.05, 3.63) is 200 Å². The maximum absolute atomic E-state index is 12.5. The molecule has 4 heteroatoms. The average molecular weight is 710 g/mol. The number of rotatable bonds is 6. The summed E-state index contributed by atoms with van der Waals surface area (Å²) in [5.74, 6) is 0. The molecule has 1 N–H and O–H groups in total. The van der Waals surface area contributed by atoms with E-state index in [1.807, 2.05) is 72.8 Å². The van der Waals surface area contributed by atoms with E-state index in [9.17, 15) is 4.89 Å². The lowest BCUT2D eigenvalue weighted by atomic mass is 9.95. The highest BCUT2D eigenvalue weighted by Crippen LogP contribution is 2.51. The van der Waals surface area contributed by atoms with Crippen molar-refractivity contribution in [2.45, 2.75) is 0 Å². The zero-order valence-corrected chi connectivity index (χ0v) is 30.2. The first-order valence-electron chi connectivity index (χ1n) is 18.2. The molecular formula is C50H34N2OP+. The van der Waals surface area contributed by atoms with Gasteiger partial charge >= 0.3 is 0 Å². The van der Waals surface area contributed by atoms with Crippen LogP contribution in [-0.4, -0.2) is 14.9 Å². The number of hydrogen-bond donors (Lipinski definition) is 1. The van der Waals surface area contributed by atoms with Crippen LogP contribution in [0.1, 0.15) is 0 Å². The number of fused-ring (bicyclic) bond motifs is 6. The standard InChI is InChI=1S/C50H34N2OP/c53-54(41-17-9-3-10-18-41,42-19-11-4-12-20-42)43-27-23-38-31-37(21-22-39(38)32-43)40-25-28-44-45-29-24-36-26-30-46(34-13-5-1-6-14-34)51-50(36)48(45)49(52-47(44)33-40)35-15-7-2-8-16-35/h1-33,53H/q+1. The maximum Gasteiger partial charge on any atom is 0.238 e. The van der Waals surface area contributed by atoms with Gasteiger partial charge in [-0.15, -0.1) is 0 Å². The summed E-state index contributed by atoms with van der Waals surface area (Å²) < 4.78 is 0. The highest BCUT2D eigenvalue weighted by molar-refractivity contribution is 7.91. The molecule has 0 amide bonds. The lowest BCUT2D eigenvalue weighted by Crippen LogP contribution is -2.30. The van der Waals surface area contributed by atoms with Gasteiger partial charge in [0.1, 0.15) is 15.9 Å². The van der Waals surface area contributed by atoms with Gasteiger partial charge in [0.15, 0.2) is 0 Å². The summed E-state index contributed by atoms with van der Waals surface area (Å²) in [6.45, 7) is 0. The minimum absolute atomic E-state index is 0.928. The fraction of sp³-hybridized carbons (Fsp3) is 0. The number of pyridine rings is 2. The number of benzene rings is 8. The summed E-state index contributed by atoms with van der Waals surface area (Å²) in [5.41, 5.74) is 8.13. The van der Waals surface area contributed by atoms with Gasteiger partial charge in [-0.05, 0) is 81.9 Å². The highest BCUT2D eigenvalue weighted by Gasteiger charge is 2.44. The Morgan fingerprint density at radius 1 is 0.370 bits per heavy atom. The predicted octanol–water partition coefficient (Wildman–Crippen LogP) is 11.3. The van der Waals surface area contributed by atoms with Crippen LogP contribution in [-0.2, 0) is 0 Å². The number of hydrogen-bond acceptors (Lipinski definition) is 3. The molecule has 2 aromatic heterocycles. The van der Waals surface area contributed by atoms with Gasteiger partial charge in [0, 0.05) is 27.3 Å². The minimum atomic E-state index is -2.83. The molecule has 0 aliphatic rings. The fourth-order valence-corrected chi connectivity index (χ4v) is 10.5. The topological polar surface area (TPSA) is 46.0 Å². The highest BCUT2D eigenvalue weighted by atomic mass is 31.2. The molecule has 0 radical (unpaired) electrons. The van der Waals surface area contributed by atoms with E-state index < -0.39 is 7.49 Å². The number of aromatic nitrogens is 2. The average Bonchev–Trinajstić information content (AvgIpc) is 3.26. The van der Waals surface area contributed by atoms with Gasteiger partial charge in [0.05, 0.1) is 22.4 Å². The second-order valence-corrected chi connectivity index (χ2v) is 16.6. The second kappa shape index (κ2) is 13.2. The van der Waals surface area contributed by atoms with Crippen molar-refractivity contribution in [1.82, 2.24) is 9.97 Å². The van der Waals surface area contributed by atoms with Crippen LogP contribution < -0.4 is 15.9 Å². The van der Waals surface area contributed by atoms with E-state index in [0.717, 1.165) is 92.9 Å². The first kappa shape index (κ1) is 32.2. The molecule has 8 aromatic carbocycles. The summed E-state index contributed by atoms with van der Waals surface area (Å²) in [7, 11) is -2.83. The van der Waals surface area contributed by atoms with E-state index in [2.05, 4.69) is 127 Å². The van der Waals surface area contributed by atoms with Crippen molar-refractivity contribution >= 4 is 66.8 Å². The quantitative estimate of drug-likeness (QED) is 0.138. The Morgan fingerprint density at radius 3 is 1.61 bits per heavy atom. The molecule has 10 aromatic rings. The molecule has 0 unspecified atom stereocenters. The van der Waals surface area contributed by atoms with Crippen molar-refractivity contribution in [2.75, 3.05) is 0 Å². The zero-order valence-electron chi connectivity index (χ0n) is 29.3. The van der Waals surface area contributed by atoms with E-state index in [4.69, 9.17) is 9.97 Å². The van der Waals surface area contributed by atoms with Crippen LogP contribution in [0.5, 0.6) is 0 Å². The van der Waals surface area contributed by atoms with Crippen LogP contribution in [0.15, 0.2) is 200 Å². The molecule has 0 saturated heterocycles. The Hall–Kier alpha value is -6.51. The Balaban J connectivity index is 1.11. The zero-order chi connectivity index (χ0) is 36.1. The van der Waals surface area contributed by atoms with Gasteiger partial charge in [0.25, 0.3) is 0 Å². The van der Waals surface area contributed by atoms with Gasteiger partial charge in [-0.25, -0.2) is 14.9 Å². The van der Waals surface area contributed by atoms with Gasteiger partial charge in [-0.1, -0.05) is 146 Å². The smallest absolute Gasteiger partial charge is 0.238 e. The Kier molecular flexibility index (Phi) is 7.84. The lowest BCUT2D eigenvalue weighted by Gasteiger charge is -2.20. The van der Waals surface area contributed by atoms with Crippen LogP contribution in [0.2, 0.25) is 0 Å². The molecule has 0 bridgehead atoms. The van der Waals surface area contributed by atoms with E-state index in [0.29, 0.717) is 0 Å². The van der Waals surface area contributed by atoms with Crippen LogP contribution >= 0.6 is 7.49 Å². The minimum Gasteiger partial charge on any atom is -0.247 e. The Bertz CT molecular complexity index is 2950. The molecule has 0 fully saturated rings. The van der Waals surface area contributed by atoms with Crippen molar-refractivity contribution < 1.29 is 4.89 Å². The first-order valence-corrected chi connectivity index (χ1v) is 19.9. The maximum atomic E-state index is 12.5. The molecule has 0 atom stereocenters. The van der Waals surface area contributed by atoms with E-state index in [-0.39, 0.29) is 0 Å². The van der Waals surface area contributed by atoms with Crippen molar-refractivity contribution in [1.29, 1.82) is 0 Å². The van der Waals surface area contributed by atoms with Crippen LogP contribution in [0.4, 0.5) is 0 Å². The van der Waals surface area contributed by atoms with E-state index in [1.165, 1.54) is 0 Å². The molecular weight excluding hydrogens is 676 g/mol. The van der Waals surface area contributed by atoms with E-state index >= 15 is 0 Å². The summed E-state index contributed by atoms with van der Waals surface area (Å²) in [6, 6.07) is 69.2. The molecule has 254 valence electrons. The Morgan fingerprint density at radius 2 is 0.907 bits per heavy atom. The third-order valence-electron chi connectivity index (χ3n) is 10.5. The predicted molar refractivity (Wildman–Crippen MR) is 229 cm³/mol. The molecule has 0 aliphatic carbocycles. The van der Waals surface area contributed by atoms with Crippen molar-refractivity contribution in [3.8, 4) is 33.6 Å². The molecule has 0 aliphatic heterocycles. The van der Waals surface area contributed by atoms with E-state index in [1.54, 1.807) is 0 Å². The van der Waals surface area contributed by atoms with Gasteiger partial charge < -0.3 is 0 Å². The van der Waals surface area contributed by atoms with Crippen molar-refractivity contribution in [3.63, 3.8) is 0 Å². The van der Waals surface area contributed by atoms with Gasteiger partial charge in [-0.3, -0.25) is 0 Å². The molecule has 10 rings (SSSR count). The monoisotopic (exact) mass is 709 g/mol. The van der Waals surface area contributed by atoms with Crippen LogP contribution in [0.25, 0.3) is 77.0 Å². The third kappa shape index (κ3) is 5.45. The third-order valence-corrected chi connectivity index (χ3v) is 13.6. The molecule has 3 nitrogen and oxygen atoms in total. The summed E-state index contributed by atoms with van der Waals surface area (Å²) in [5, 5.41) is 9.41. The molecule has 2 heterocycles. The van der Waals surface area contributed by atoms with Crippen molar-refractivity contribution in [2.24, 2.45) is 0 Å². The summed E-state index contributed by atoms with van der Waals surface area (Å²) in [6.07, 6.45) is 0. The van der Waals surface area contributed by atoms with Crippen LogP contribution in [0, 0.1) is 0 Å². The fourth-order valence-electron chi connectivity index (χ4n) is 7.78. The SMILES string of the molecule is O[P+](c1ccccc1)(c1ccccc1)c1ccc2cc(-c3ccc4c(c3)nc(-c3ccccc3)c3c4ccc4ccc(-c5ccccc5)nc43)ccc2c1. The summed E-state index contributed by atoms with van der Waals surface area (Å²) in [4.78, 5) is 23.2. The van der Waals surface area contributed by atoms with Gasteiger partial charge in [-0.2, -0.15) is 0 Å². The molecule has 54 heavy (non-hydrogen) atoms. The largest absolute Gasteiger partial charge is 0.247 e. The lowest BCUT2D eigenvalue weighted by molar-refractivity contribution is 0.633. The molecule has 0 saturated carbocycles. The van der Waals surface area contributed by atoms with Crippen LogP contribution in [0.3, 0.4) is 0 Å². The molecule has 0 spiro atoms. The summed E-state index contributed by atoms with van der Waals surface area (Å²) >= 11 is 0. The van der Waals surface area contributed by atoms with Gasteiger partial charge in [0.2, 0.25) is 7.49 Å². The first-order chi connectivity index (χ1) is 26.6. The second-order valence-electron chi connectivity index (χ2n) is 13.7. The number of nitrogens with zero attached hydrogens (tertiary/aromatic N) is 2.